The Morgan fingerprint density at radius 3 is 2.48 bits per heavy atom. The number of phenolic OH excluding ortho intramolecular Hbond substituents is 1. The van der Waals surface area contributed by atoms with Crippen LogP contribution in [0, 0.1) is 18.8 Å². The Bertz CT molecular complexity index is 962. The molecule has 6 heteroatoms. The Morgan fingerprint density at radius 2 is 1.84 bits per heavy atom. The third kappa shape index (κ3) is 5.81. The van der Waals surface area contributed by atoms with Crippen LogP contribution in [0.1, 0.15) is 39.9 Å². The summed E-state index contributed by atoms with van der Waals surface area (Å²) in [6.07, 6.45) is 3.45. The van der Waals surface area contributed by atoms with Crippen LogP contribution in [-0.2, 0) is 17.6 Å². The van der Waals surface area contributed by atoms with Crippen molar-refractivity contribution >= 4 is 11.8 Å². The minimum atomic E-state index is -0.980. The molecular formula is C25H28O6. The summed E-state index contributed by atoms with van der Waals surface area (Å²) in [5.74, 6) is -1.46. The molecule has 1 saturated carbocycles. The highest BCUT2D eigenvalue weighted by atomic mass is 16.4. The average Bonchev–Trinajstić information content (AvgIpc) is 3.00. The number of carboxylic acid groups (broad SMARTS) is 1. The van der Waals surface area contributed by atoms with Gasteiger partial charge in [-0.2, -0.15) is 0 Å². The molecule has 0 saturated heterocycles. The molecule has 4 atom stereocenters. The number of phenols is 1. The normalized spacial score (nSPS) is 22.2. The summed E-state index contributed by atoms with van der Waals surface area (Å²) in [4.78, 5) is 23.4. The molecule has 1 fully saturated rings. The van der Waals surface area contributed by atoms with E-state index < -0.39 is 18.2 Å². The molecule has 0 unspecified atom stereocenters. The molecule has 0 radical (unpaired) electrons. The lowest BCUT2D eigenvalue weighted by atomic mass is 9.88. The van der Waals surface area contributed by atoms with Crippen LogP contribution in [0.2, 0.25) is 0 Å². The molecule has 2 aromatic rings. The summed E-state index contributed by atoms with van der Waals surface area (Å²) in [5.41, 5.74) is 2.78. The first-order valence-electron chi connectivity index (χ1n) is 10.4. The van der Waals surface area contributed by atoms with Crippen molar-refractivity contribution in [1.29, 1.82) is 0 Å². The van der Waals surface area contributed by atoms with E-state index in [1.807, 2.05) is 6.07 Å². The number of rotatable bonds is 8. The van der Waals surface area contributed by atoms with Crippen LogP contribution in [-0.4, -0.2) is 44.4 Å². The molecule has 31 heavy (non-hydrogen) atoms. The number of aliphatic hydroxyl groups is 2. The van der Waals surface area contributed by atoms with Crippen molar-refractivity contribution in [3.63, 3.8) is 0 Å². The molecule has 0 heterocycles. The second-order valence-corrected chi connectivity index (χ2v) is 8.24. The van der Waals surface area contributed by atoms with Gasteiger partial charge < -0.3 is 20.4 Å². The van der Waals surface area contributed by atoms with Gasteiger partial charge in [0.25, 0.3) is 0 Å². The Morgan fingerprint density at radius 1 is 1.16 bits per heavy atom. The lowest BCUT2D eigenvalue weighted by molar-refractivity contribution is -0.121. The van der Waals surface area contributed by atoms with Crippen LogP contribution in [0.25, 0.3) is 0 Å². The fourth-order valence-electron chi connectivity index (χ4n) is 4.14. The van der Waals surface area contributed by atoms with E-state index >= 15 is 0 Å². The SMILES string of the molecule is Cc1cc(C[C@H](O)C=C[C@H]2[C@H](O)CC(=O)[C@@H]2CCc2ccc(C(=O)O)cc2)ccc1O. The summed E-state index contributed by atoms with van der Waals surface area (Å²) in [7, 11) is 0. The minimum Gasteiger partial charge on any atom is -0.508 e. The van der Waals surface area contributed by atoms with Gasteiger partial charge in [0.05, 0.1) is 17.8 Å². The first-order valence-corrected chi connectivity index (χ1v) is 10.4. The minimum absolute atomic E-state index is 0.00737. The van der Waals surface area contributed by atoms with Crippen molar-refractivity contribution in [2.24, 2.45) is 11.8 Å². The van der Waals surface area contributed by atoms with Gasteiger partial charge in [0.2, 0.25) is 0 Å². The average molecular weight is 424 g/mol. The quantitative estimate of drug-likeness (QED) is 0.484. The number of ketones is 1. The van der Waals surface area contributed by atoms with Gasteiger partial charge in [0, 0.05) is 24.7 Å². The Balaban J connectivity index is 1.61. The molecule has 1 aliphatic carbocycles. The third-order valence-corrected chi connectivity index (χ3v) is 5.94. The molecule has 0 spiro atoms. The van der Waals surface area contributed by atoms with E-state index in [1.165, 1.54) is 0 Å². The molecule has 3 rings (SSSR count). The van der Waals surface area contributed by atoms with Crippen LogP contribution < -0.4 is 0 Å². The molecule has 2 aromatic carbocycles. The van der Waals surface area contributed by atoms with Gasteiger partial charge in [-0.25, -0.2) is 4.79 Å². The fraction of sp³-hybridized carbons (Fsp3) is 0.360. The van der Waals surface area contributed by atoms with Crippen molar-refractivity contribution in [3.05, 3.63) is 76.9 Å². The number of benzene rings is 2. The predicted molar refractivity (Wildman–Crippen MR) is 116 cm³/mol. The Hall–Kier alpha value is -2.96. The number of aromatic carboxylic acids is 1. The van der Waals surface area contributed by atoms with E-state index in [0.717, 1.165) is 16.7 Å². The monoisotopic (exact) mass is 424 g/mol. The zero-order valence-electron chi connectivity index (χ0n) is 17.4. The summed E-state index contributed by atoms with van der Waals surface area (Å²) >= 11 is 0. The van der Waals surface area contributed by atoms with E-state index in [9.17, 15) is 24.9 Å². The molecule has 0 bridgehead atoms. The number of hydrogen-bond donors (Lipinski definition) is 4. The van der Waals surface area contributed by atoms with Gasteiger partial charge in [0.1, 0.15) is 11.5 Å². The lowest BCUT2D eigenvalue weighted by Crippen LogP contribution is -2.20. The largest absolute Gasteiger partial charge is 0.508 e. The maximum atomic E-state index is 12.4. The van der Waals surface area contributed by atoms with Gasteiger partial charge in [-0.1, -0.05) is 36.4 Å². The molecule has 0 amide bonds. The van der Waals surface area contributed by atoms with E-state index in [0.29, 0.717) is 19.3 Å². The molecule has 0 aromatic heterocycles. The lowest BCUT2D eigenvalue weighted by Gasteiger charge is -2.18. The number of aliphatic hydroxyl groups excluding tert-OH is 2. The highest BCUT2D eigenvalue weighted by Crippen LogP contribution is 2.34. The van der Waals surface area contributed by atoms with E-state index in [-0.39, 0.29) is 35.4 Å². The third-order valence-electron chi connectivity index (χ3n) is 5.94. The second-order valence-electron chi connectivity index (χ2n) is 8.24. The summed E-state index contributed by atoms with van der Waals surface area (Å²) in [6, 6.07) is 11.7. The van der Waals surface area contributed by atoms with Crippen LogP contribution in [0.15, 0.2) is 54.6 Å². The van der Waals surface area contributed by atoms with E-state index in [4.69, 9.17) is 5.11 Å². The standard InChI is InChI=1S/C25H28O6/c1-15-12-17(5-11-22(15)27)13-19(26)8-10-21-20(23(28)14-24(21)29)9-4-16-2-6-18(7-3-16)25(30)31/h2-3,5-8,10-12,19-21,24,26-27,29H,4,9,13-14H2,1H3,(H,30,31)/t19-,20-,21-,24-/m1/s1. The summed E-state index contributed by atoms with van der Waals surface area (Å²) in [5, 5.41) is 39.3. The number of aryl methyl sites for hydroxylation is 2. The molecule has 164 valence electrons. The maximum Gasteiger partial charge on any atom is 0.335 e. The van der Waals surface area contributed by atoms with Gasteiger partial charge in [0.15, 0.2) is 0 Å². The number of carboxylic acids is 1. The van der Waals surface area contributed by atoms with E-state index in [1.54, 1.807) is 55.5 Å². The topological polar surface area (TPSA) is 115 Å². The first-order chi connectivity index (χ1) is 14.7. The van der Waals surface area contributed by atoms with Gasteiger partial charge in [-0.05, 0) is 54.7 Å². The number of carbonyl (C=O) groups excluding carboxylic acids is 1. The van der Waals surface area contributed by atoms with Crippen LogP contribution in [0.5, 0.6) is 5.75 Å². The van der Waals surface area contributed by atoms with Crippen molar-refractivity contribution in [2.75, 3.05) is 0 Å². The predicted octanol–water partition coefficient (Wildman–Crippen LogP) is 3.06. The number of aromatic hydroxyl groups is 1. The molecule has 1 aliphatic rings. The maximum absolute atomic E-state index is 12.4. The van der Waals surface area contributed by atoms with Crippen LogP contribution in [0.3, 0.4) is 0 Å². The fourth-order valence-corrected chi connectivity index (χ4v) is 4.14. The smallest absolute Gasteiger partial charge is 0.335 e. The Labute approximate surface area is 181 Å². The first kappa shape index (κ1) is 22.7. The van der Waals surface area contributed by atoms with Gasteiger partial charge >= 0.3 is 5.97 Å². The highest BCUT2D eigenvalue weighted by molar-refractivity contribution is 5.87. The molecule has 4 N–H and O–H groups in total. The molecular weight excluding hydrogens is 396 g/mol. The van der Waals surface area contributed by atoms with Crippen molar-refractivity contribution < 1.29 is 30.0 Å². The zero-order chi connectivity index (χ0) is 22.5. The number of hydrogen-bond acceptors (Lipinski definition) is 5. The zero-order valence-corrected chi connectivity index (χ0v) is 17.4. The second kappa shape index (κ2) is 9.90. The van der Waals surface area contributed by atoms with Crippen molar-refractivity contribution in [1.82, 2.24) is 0 Å². The molecule has 0 aliphatic heterocycles. The highest BCUT2D eigenvalue weighted by Gasteiger charge is 2.39. The van der Waals surface area contributed by atoms with Gasteiger partial charge in [-0.3, -0.25) is 4.79 Å². The Kier molecular flexibility index (Phi) is 7.25. The van der Waals surface area contributed by atoms with Crippen LogP contribution in [0.4, 0.5) is 0 Å². The van der Waals surface area contributed by atoms with Gasteiger partial charge in [-0.15, -0.1) is 0 Å². The van der Waals surface area contributed by atoms with Crippen molar-refractivity contribution in [3.8, 4) is 5.75 Å². The van der Waals surface area contributed by atoms with Crippen molar-refractivity contribution in [2.45, 2.75) is 44.8 Å². The summed E-state index contributed by atoms with van der Waals surface area (Å²) in [6.45, 7) is 1.79. The van der Waals surface area contributed by atoms with Crippen LogP contribution >= 0.6 is 0 Å². The number of carbonyl (C=O) groups is 2. The van der Waals surface area contributed by atoms with E-state index in [2.05, 4.69) is 0 Å². The number of Topliss-reactive ketones (excluding diaryl/α,β-unsaturated/α-hetero) is 1. The summed E-state index contributed by atoms with van der Waals surface area (Å²) < 4.78 is 0. The molecule has 6 nitrogen and oxygen atoms in total.